The maximum Gasteiger partial charge on any atom is 0.409 e. The van der Waals surface area contributed by atoms with Crippen molar-refractivity contribution in [2.45, 2.75) is 31.6 Å². The zero-order valence-electron chi connectivity index (χ0n) is 9.49. The molecule has 17 heavy (non-hydrogen) atoms. The Morgan fingerprint density at radius 2 is 2.47 bits per heavy atom. The average molecular weight is 240 g/mol. The molecule has 2 unspecified atom stereocenters. The van der Waals surface area contributed by atoms with Gasteiger partial charge in [0.25, 0.3) is 0 Å². The summed E-state index contributed by atoms with van der Waals surface area (Å²) in [7, 11) is 0. The van der Waals surface area contributed by atoms with E-state index in [0.717, 1.165) is 19.3 Å². The molecule has 0 saturated carbocycles. The number of aliphatic imine (C=N–C) groups is 1. The van der Waals surface area contributed by atoms with Gasteiger partial charge in [-0.15, -0.1) is 0 Å². The number of likely N-dealkylation sites (tertiary alicyclic amines) is 1. The molecule has 1 amide bonds. The standard InChI is InChI=1S/C11H16N2O4/c14-11(15)13-5-2-1-3-10(13)17-8-9-7-12-4-6-16-9/h4,6-7,9-10H,1-3,5,8H2,(H,14,15). The first-order valence-electron chi connectivity index (χ1n) is 5.72. The minimum absolute atomic E-state index is 0.224. The van der Waals surface area contributed by atoms with Gasteiger partial charge < -0.3 is 14.6 Å². The molecular weight excluding hydrogens is 224 g/mol. The summed E-state index contributed by atoms with van der Waals surface area (Å²) in [4.78, 5) is 16.3. The summed E-state index contributed by atoms with van der Waals surface area (Å²) in [6.45, 7) is 0.863. The molecule has 2 atom stereocenters. The third-order valence-electron chi connectivity index (χ3n) is 2.80. The van der Waals surface area contributed by atoms with Gasteiger partial charge in [0.05, 0.1) is 12.8 Å². The van der Waals surface area contributed by atoms with Crippen LogP contribution in [0, 0.1) is 0 Å². The molecule has 0 aromatic carbocycles. The molecule has 0 aliphatic carbocycles. The Morgan fingerprint density at radius 1 is 1.59 bits per heavy atom. The van der Waals surface area contributed by atoms with E-state index in [1.165, 1.54) is 11.2 Å². The molecule has 1 fully saturated rings. The summed E-state index contributed by atoms with van der Waals surface area (Å²) in [6, 6.07) is 0. The van der Waals surface area contributed by atoms with Crippen LogP contribution in [0.1, 0.15) is 19.3 Å². The Balaban J connectivity index is 1.81. The zero-order valence-corrected chi connectivity index (χ0v) is 9.49. The van der Waals surface area contributed by atoms with Gasteiger partial charge in [0.1, 0.15) is 12.5 Å². The molecule has 0 spiro atoms. The van der Waals surface area contributed by atoms with Crippen molar-refractivity contribution in [2.24, 2.45) is 4.99 Å². The Morgan fingerprint density at radius 3 is 3.18 bits per heavy atom. The first kappa shape index (κ1) is 11.9. The summed E-state index contributed by atoms with van der Waals surface area (Å²) in [6.07, 6.45) is 5.84. The molecule has 1 saturated heterocycles. The van der Waals surface area contributed by atoms with Crippen LogP contribution in [-0.4, -0.2) is 47.8 Å². The van der Waals surface area contributed by atoms with Crippen LogP contribution in [0.3, 0.4) is 0 Å². The van der Waals surface area contributed by atoms with Crippen molar-refractivity contribution in [1.82, 2.24) is 4.90 Å². The van der Waals surface area contributed by atoms with Gasteiger partial charge in [-0.05, 0) is 19.3 Å². The van der Waals surface area contributed by atoms with Crippen molar-refractivity contribution in [2.75, 3.05) is 13.2 Å². The summed E-state index contributed by atoms with van der Waals surface area (Å²) in [5.41, 5.74) is 0. The molecular formula is C11H16N2O4. The number of hydrogen-bond acceptors (Lipinski definition) is 4. The predicted octanol–water partition coefficient (Wildman–Crippen LogP) is 1.43. The second-order valence-electron chi connectivity index (χ2n) is 4.02. The van der Waals surface area contributed by atoms with Gasteiger partial charge in [-0.3, -0.25) is 9.89 Å². The van der Waals surface area contributed by atoms with Gasteiger partial charge in [-0.2, -0.15) is 0 Å². The Hall–Kier alpha value is -1.56. The van der Waals surface area contributed by atoms with E-state index in [0.29, 0.717) is 13.2 Å². The van der Waals surface area contributed by atoms with Crippen LogP contribution in [0.4, 0.5) is 4.79 Å². The molecule has 94 valence electrons. The number of piperidine rings is 1. The Kier molecular flexibility index (Phi) is 3.98. The van der Waals surface area contributed by atoms with Crippen molar-refractivity contribution < 1.29 is 19.4 Å². The second kappa shape index (κ2) is 5.67. The monoisotopic (exact) mass is 240 g/mol. The average Bonchev–Trinajstić information content (AvgIpc) is 2.38. The highest BCUT2D eigenvalue weighted by atomic mass is 16.5. The molecule has 0 aromatic heterocycles. The number of rotatable bonds is 3. The number of carbonyl (C=O) groups is 1. The lowest BCUT2D eigenvalue weighted by molar-refractivity contribution is -0.0827. The molecule has 2 aliphatic rings. The highest BCUT2D eigenvalue weighted by molar-refractivity contribution is 5.65. The smallest absolute Gasteiger partial charge is 0.409 e. The number of hydrogen-bond donors (Lipinski definition) is 1. The number of nitrogens with zero attached hydrogens (tertiary/aromatic N) is 2. The van der Waals surface area contributed by atoms with Gasteiger partial charge in [0, 0.05) is 12.8 Å². The van der Waals surface area contributed by atoms with Crippen LogP contribution in [0.5, 0.6) is 0 Å². The van der Waals surface area contributed by atoms with Crippen molar-refractivity contribution >= 4 is 12.3 Å². The second-order valence-corrected chi connectivity index (χ2v) is 4.02. The van der Waals surface area contributed by atoms with Crippen LogP contribution in [0.25, 0.3) is 0 Å². The lowest BCUT2D eigenvalue weighted by atomic mass is 10.1. The fourth-order valence-electron chi connectivity index (χ4n) is 1.93. The van der Waals surface area contributed by atoms with Crippen molar-refractivity contribution in [3.63, 3.8) is 0 Å². The van der Waals surface area contributed by atoms with Crippen LogP contribution in [-0.2, 0) is 9.47 Å². The largest absolute Gasteiger partial charge is 0.488 e. The molecule has 6 heteroatoms. The van der Waals surface area contributed by atoms with Gasteiger partial charge in [0.15, 0.2) is 6.10 Å². The fourth-order valence-corrected chi connectivity index (χ4v) is 1.93. The van der Waals surface area contributed by atoms with Crippen molar-refractivity contribution in [3.05, 3.63) is 12.5 Å². The first-order valence-corrected chi connectivity index (χ1v) is 5.72. The van der Waals surface area contributed by atoms with E-state index in [4.69, 9.17) is 14.6 Å². The third kappa shape index (κ3) is 3.20. The van der Waals surface area contributed by atoms with E-state index >= 15 is 0 Å². The summed E-state index contributed by atoms with van der Waals surface area (Å²) in [5.74, 6) is 0. The van der Waals surface area contributed by atoms with E-state index < -0.39 is 6.09 Å². The number of ether oxygens (including phenoxy) is 2. The molecule has 2 heterocycles. The molecule has 0 bridgehead atoms. The van der Waals surface area contributed by atoms with Gasteiger partial charge in [0.2, 0.25) is 0 Å². The van der Waals surface area contributed by atoms with E-state index in [2.05, 4.69) is 4.99 Å². The maximum atomic E-state index is 11.0. The zero-order chi connectivity index (χ0) is 12.1. The predicted molar refractivity (Wildman–Crippen MR) is 60.8 cm³/mol. The van der Waals surface area contributed by atoms with E-state index in [1.54, 1.807) is 12.4 Å². The molecule has 2 aliphatic heterocycles. The number of amides is 1. The summed E-state index contributed by atoms with van der Waals surface area (Å²) in [5, 5.41) is 9.02. The van der Waals surface area contributed by atoms with Gasteiger partial charge in [-0.25, -0.2) is 4.79 Å². The maximum absolute atomic E-state index is 11.0. The third-order valence-corrected chi connectivity index (χ3v) is 2.80. The van der Waals surface area contributed by atoms with Crippen molar-refractivity contribution in [1.29, 1.82) is 0 Å². The Labute approximate surface area is 99.5 Å². The Bertz CT molecular complexity index is 329. The lowest BCUT2D eigenvalue weighted by Gasteiger charge is -2.33. The highest BCUT2D eigenvalue weighted by Gasteiger charge is 2.27. The molecule has 1 N–H and O–H groups in total. The lowest BCUT2D eigenvalue weighted by Crippen LogP contribution is -2.45. The minimum atomic E-state index is -0.923. The van der Waals surface area contributed by atoms with E-state index in [9.17, 15) is 4.79 Å². The molecule has 6 nitrogen and oxygen atoms in total. The van der Waals surface area contributed by atoms with Gasteiger partial charge >= 0.3 is 6.09 Å². The molecule has 2 rings (SSSR count). The van der Waals surface area contributed by atoms with Crippen molar-refractivity contribution in [3.8, 4) is 0 Å². The highest BCUT2D eigenvalue weighted by Crippen LogP contribution is 2.18. The van der Waals surface area contributed by atoms with Gasteiger partial charge in [-0.1, -0.05) is 0 Å². The van der Waals surface area contributed by atoms with E-state index in [-0.39, 0.29) is 12.3 Å². The SMILES string of the molecule is O=C(O)N1CCCCC1OCC1C=NC=CO1. The van der Waals surface area contributed by atoms with E-state index in [1.807, 2.05) is 0 Å². The topological polar surface area (TPSA) is 71.4 Å². The normalized spacial score (nSPS) is 27.9. The summed E-state index contributed by atoms with van der Waals surface area (Å²) < 4.78 is 10.8. The minimum Gasteiger partial charge on any atom is -0.488 e. The van der Waals surface area contributed by atoms with Crippen LogP contribution < -0.4 is 0 Å². The van der Waals surface area contributed by atoms with Crippen LogP contribution >= 0.6 is 0 Å². The summed E-state index contributed by atoms with van der Waals surface area (Å²) >= 11 is 0. The molecule has 0 radical (unpaired) electrons. The quantitative estimate of drug-likeness (QED) is 0.810. The van der Waals surface area contributed by atoms with Crippen LogP contribution in [0.15, 0.2) is 17.5 Å². The first-order chi connectivity index (χ1) is 8.27. The fraction of sp³-hybridized carbons (Fsp3) is 0.636. The van der Waals surface area contributed by atoms with Crippen LogP contribution in [0.2, 0.25) is 0 Å². The molecule has 0 aromatic rings. The number of carboxylic acid groups (broad SMARTS) is 1.